The Balaban J connectivity index is 1.50. The average Bonchev–Trinajstić information content (AvgIpc) is 3.04. The van der Waals surface area contributed by atoms with Crippen molar-refractivity contribution in [2.24, 2.45) is 0 Å². The summed E-state index contributed by atoms with van der Waals surface area (Å²) in [6, 6.07) is 19.1. The standard InChI is InChI=1S/C24H22FNO3/c1-2-3-4-17-7-14-23-22(15-17)24(27)26(29-23)16-18-5-10-20(11-6-18)28-21-12-8-19(25)9-13-21/h5-15H,2-4,16H2,1H3. The van der Waals surface area contributed by atoms with Gasteiger partial charge in [-0.05, 0) is 72.5 Å². The highest BCUT2D eigenvalue weighted by Gasteiger charge is 2.11. The Morgan fingerprint density at radius 2 is 1.59 bits per heavy atom. The van der Waals surface area contributed by atoms with E-state index in [2.05, 4.69) is 6.92 Å². The number of unbranched alkanes of at least 4 members (excludes halogenated alkanes) is 1. The van der Waals surface area contributed by atoms with Crippen LogP contribution in [0.25, 0.3) is 11.0 Å². The highest BCUT2D eigenvalue weighted by atomic mass is 19.1. The molecule has 0 radical (unpaired) electrons. The Morgan fingerprint density at radius 1 is 0.931 bits per heavy atom. The summed E-state index contributed by atoms with van der Waals surface area (Å²) in [4.78, 5) is 12.7. The van der Waals surface area contributed by atoms with Gasteiger partial charge in [-0.1, -0.05) is 31.5 Å². The zero-order valence-corrected chi connectivity index (χ0v) is 16.2. The van der Waals surface area contributed by atoms with Gasteiger partial charge in [0.2, 0.25) is 0 Å². The van der Waals surface area contributed by atoms with E-state index in [0.29, 0.717) is 29.0 Å². The van der Waals surface area contributed by atoms with Crippen LogP contribution in [0.5, 0.6) is 11.5 Å². The minimum absolute atomic E-state index is 0.120. The van der Waals surface area contributed by atoms with Crippen molar-refractivity contribution in [1.82, 2.24) is 4.74 Å². The SMILES string of the molecule is CCCCc1ccc2on(Cc3ccc(Oc4ccc(F)cc4)cc3)c(=O)c2c1. The predicted octanol–water partition coefficient (Wildman–Crippen LogP) is 5.92. The molecular weight excluding hydrogens is 369 g/mol. The van der Waals surface area contributed by atoms with Crippen LogP contribution in [0.4, 0.5) is 4.39 Å². The van der Waals surface area contributed by atoms with Gasteiger partial charge in [0.25, 0.3) is 5.56 Å². The van der Waals surface area contributed by atoms with Crippen LogP contribution in [0.2, 0.25) is 0 Å². The van der Waals surface area contributed by atoms with Crippen LogP contribution < -0.4 is 10.3 Å². The van der Waals surface area contributed by atoms with E-state index in [4.69, 9.17) is 9.26 Å². The van der Waals surface area contributed by atoms with Crippen LogP contribution in [0.1, 0.15) is 30.9 Å². The summed E-state index contributed by atoms with van der Waals surface area (Å²) in [6.07, 6.45) is 3.19. The molecule has 0 atom stereocenters. The number of ether oxygens (including phenoxy) is 1. The molecular formula is C24H22FNO3. The Kier molecular flexibility index (Phi) is 5.47. The number of fused-ring (bicyclic) bond motifs is 1. The van der Waals surface area contributed by atoms with Gasteiger partial charge in [-0.3, -0.25) is 4.79 Å². The molecule has 0 N–H and O–H groups in total. The van der Waals surface area contributed by atoms with E-state index in [1.807, 2.05) is 42.5 Å². The normalized spacial score (nSPS) is 11.1. The van der Waals surface area contributed by atoms with Gasteiger partial charge in [0.05, 0.1) is 11.9 Å². The molecule has 0 aliphatic carbocycles. The average molecular weight is 391 g/mol. The van der Waals surface area contributed by atoms with Crippen LogP contribution in [0.3, 0.4) is 0 Å². The summed E-state index contributed by atoms with van der Waals surface area (Å²) in [7, 11) is 0. The van der Waals surface area contributed by atoms with Crippen molar-refractivity contribution >= 4 is 11.0 Å². The number of halogens is 1. The summed E-state index contributed by atoms with van der Waals surface area (Å²) in [5, 5.41) is 0.620. The molecule has 0 aliphatic rings. The number of rotatable bonds is 7. The topological polar surface area (TPSA) is 44.4 Å². The highest BCUT2D eigenvalue weighted by molar-refractivity contribution is 5.76. The third kappa shape index (κ3) is 4.40. The lowest BCUT2D eigenvalue weighted by Gasteiger charge is -2.06. The second-order valence-corrected chi connectivity index (χ2v) is 7.07. The highest BCUT2D eigenvalue weighted by Crippen LogP contribution is 2.22. The lowest BCUT2D eigenvalue weighted by Crippen LogP contribution is -2.14. The van der Waals surface area contributed by atoms with Crippen molar-refractivity contribution in [2.75, 3.05) is 0 Å². The molecule has 1 aromatic heterocycles. The third-order valence-electron chi connectivity index (χ3n) is 4.83. The smallest absolute Gasteiger partial charge is 0.290 e. The Bertz CT molecular complexity index is 1160. The van der Waals surface area contributed by atoms with Gasteiger partial charge < -0.3 is 9.26 Å². The summed E-state index contributed by atoms with van der Waals surface area (Å²) in [6.45, 7) is 2.49. The van der Waals surface area contributed by atoms with Crippen molar-refractivity contribution in [2.45, 2.75) is 32.7 Å². The zero-order chi connectivity index (χ0) is 20.2. The number of hydrogen-bond donors (Lipinski definition) is 0. The molecule has 4 rings (SSSR count). The molecule has 0 amide bonds. The quantitative estimate of drug-likeness (QED) is 0.393. The largest absolute Gasteiger partial charge is 0.457 e. The number of aryl methyl sites for hydroxylation is 1. The van der Waals surface area contributed by atoms with E-state index in [-0.39, 0.29) is 11.4 Å². The summed E-state index contributed by atoms with van der Waals surface area (Å²) < 4.78 is 25.8. The maximum atomic E-state index is 13.0. The van der Waals surface area contributed by atoms with Crippen LogP contribution >= 0.6 is 0 Å². The molecule has 3 aromatic carbocycles. The number of benzene rings is 3. The molecule has 0 saturated carbocycles. The zero-order valence-electron chi connectivity index (χ0n) is 16.2. The fourth-order valence-electron chi connectivity index (χ4n) is 3.23. The Morgan fingerprint density at radius 3 is 2.28 bits per heavy atom. The van der Waals surface area contributed by atoms with E-state index in [1.54, 1.807) is 12.1 Å². The fourth-order valence-corrected chi connectivity index (χ4v) is 3.23. The predicted molar refractivity (Wildman–Crippen MR) is 111 cm³/mol. The van der Waals surface area contributed by atoms with Crippen LogP contribution in [0.15, 0.2) is 76.0 Å². The monoisotopic (exact) mass is 391 g/mol. The maximum absolute atomic E-state index is 13.0. The van der Waals surface area contributed by atoms with Gasteiger partial charge in [-0.25, -0.2) is 4.39 Å². The molecule has 4 nitrogen and oxygen atoms in total. The molecule has 0 bridgehead atoms. The molecule has 0 fully saturated rings. The minimum Gasteiger partial charge on any atom is -0.457 e. The van der Waals surface area contributed by atoms with E-state index < -0.39 is 0 Å². The van der Waals surface area contributed by atoms with E-state index in [0.717, 1.165) is 30.4 Å². The molecule has 1 heterocycles. The second kappa shape index (κ2) is 8.35. The number of aromatic nitrogens is 1. The molecule has 5 heteroatoms. The van der Waals surface area contributed by atoms with Crippen molar-refractivity contribution < 1.29 is 13.7 Å². The van der Waals surface area contributed by atoms with Gasteiger partial charge in [-0.2, -0.15) is 4.74 Å². The first-order valence-electron chi connectivity index (χ1n) is 9.77. The number of hydrogen-bond acceptors (Lipinski definition) is 3. The summed E-state index contributed by atoms with van der Waals surface area (Å²) in [5.74, 6) is 0.894. The maximum Gasteiger partial charge on any atom is 0.290 e. The van der Waals surface area contributed by atoms with Gasteiger partial charge in [0.1, 0.15) is 17.3 Å². The van der Waals surface area contributed by atoms with Crippen molar-refractivity contribution in [3.63, 3.8) is 0 Å². The lowest BCUT2D eigenvalue weighted by molar-refractivity contribution is 0.301. The van der Waals surface area contributed by atoms with Crippen molar-refractivity contribution in [1.29, 1.82) is 0 Å². The Hall–Kier alpha value is -3.34. The Labute approximate surface area is 168 Å². The molecule has 4 aromatic rings. The minimum atomic E-state index is -0.304. The lowest BCUT2D eigenvalue weighted by atomic mass is 10.1. The first-order valence-corrected chi connectivity index (χ1v) is 9.77. The van der Waals surface area contributed by atoms with Crippen molar-refractivity contribution in [3.8, 4) is 11.5 Å². The van der Waals surface area contributed by atoms with E-state index in [9.17, 15) is 9.18 Å². The van der Waals surface area contributed by atoms with Crippen LogP contribution in [0, 0.1) is 5.82 Å². The second-order valence-electron chi connectivity index (χ2n) is 7.07. The molecule has 29 heavy (non-hydrogen) atoms. The summed E-state index contributed by atoms with van der Waals surface area (Å²) in [5.41, 5.74) is 2.56. The molecule has 0 unspecified atom stereocenters. The van der Waals surface area contributed by atoms with E-state index in [1.165, 1.54) is 16.9 Å². The molecule has 0 saturated heterocycles. The van der Waals surface area contributed by atoms with Crippen LogP contribution in [-0.2, 0) is 13.0 Å². The van der Waals surface area contributed by atoms with E-state index >= 15 is 0 Å². The summed E-state index contributed by atoms with van der Waals surface area (Å²) >= 11 is 0. The fraction of sp³-hybridized carbons (Fsp3) is 0.208. The number of nitrogens with zero attached hydrogens (tertiary/aromatic N) is 1. The molecule has 0 aliphatic heterocycles. The third-order valence-corrected chi connectivity index (χ3v) is 4.83. The van der Waals surface area contributed by atoms with Crippen molar-refractivity contribution in [3.05, 3.63) is 94.0 Å². The molecule has 0 spiro atoms. The van der Waals surface area contributed by atoms with Crippen LogP contribution in [-0.4, -0.2) is 4.74 Å². The first kappa shape index (κ1) is 19.0. The van der Waals surface area contributed by atoms with Gasteiger partial charge >= 0.3 is 0 Å². The molecule has 148 valence electrons. The van der Waals surface area contributed by atoms with Gasteiger partial charge in [0.15, 0.2) is 5.58 Å². The van der Waals surface area contributed by atoms with Gasteiger partial charge in [0, 0.05) is 0 Å². The first-order chi connectivity index (χ1) is 14.1. The van der Waals surface area contributed by atoms with Gasteiger partial charge in [-0.15, -0.1) is 0 Å².